The molecule has 0 aliphatic carbocycles. The van der Waals surface area contributed by atoms with Gasteiger partial charge in [-0.25, -0.2) is 13.6 Å². The zero-order chi connectivity index (χ0) is 19.1. The molecule has 3 unspecified atom stereocenters. The number of amides is 3. The molecule has 4 rings (SSSR count). The van der Waals surface area contributed by atoms with Gasteiger partial charge in [-0.1, -0.05) is 6.07 Å². The van der Waals surface area contributed by atoms with E-state index in [9.17, 15) is 18.4 Å². The number of piperidine rings is 1. The monoisotopic (exact) mass is 378 g/mol. The van der Waals surface area contributed by atoms with Crippen molar-refractivity contribution < 1.29 is 18.4 Å². The molecule has 0 aromatic heterocycles. The number of fused-ring (bicyclic) bond motifs is 2. The summed E-state index contributed by atoms with van der Waals surface area (Å²) in [5.41, 5.74) is -0.348. The summed E-state index contributed by atoms with van der Waals surface area (Å²) < 4.78 is 27.9. The Morgan fingerprint density at radius 3 is 2.30 bits per heavy atom. The van der Waals surface area contributed by atoms with Crippen LogP contribution in [0.25, 0.3) is 0 Å². The van der Waals surface area contributed by atoms with Crippen LogP contribution in [0.15, 0.2) is 18.2 Å². The van der Waals surface area contributed by atoms with Gasteiger partial charge in [0.05, 0.1) is 6.04 Å². The van der Waals surface area contributed by atoms with Gasteiger partial charge in [0, 0.05) is 31.1 Å². The van der Waals surface area contributed by atoms with E-state index < -0.39 is 23.6 Å². The van der Waals surface area contributed by atoms with Gasteiger partial charge in [0.1, 0.15) is 17.3 Å². The molecule has 146 valence electrons. The maximum Gasteiger partial charge on any atom is 0.315 e. The van der Waals surface area contributed by atoms with Crippen LogP contribution in [-0.2, 0) is 4.79 Å². The van der Waals surface area contributed by atoms with Crippen LogP contribution in [0, 0.1) is 11.6 Å². The highest BCUT2D eigenvalue weighted by Crippen LogP contribution is 2.34. The van der Waals surface area contributed by atoms with Crippen molar-refractivity contribution in [2.24, 2.45) is 0 Å². The molecule has 2 N–H and O–H groups in total. The Morgan fingerprint density at radius 1 is 1.07 bits per heavy atom. The Balaban J connectivity index is 1.34. The average Bonchev–Trinajstić information content (AvgIpc) is 3.02. The zero-order valence-electron chi connectivity index (χ0n) is 15.3. The van der Waals surface area contributed by atoms with Gasteiger partial charge in [-0.15, -0.1) is 0 Å². The zero-order valence-corrected chi connectivity index (χ0v) is 15.3. The van der Waals surface area contributed by atoms with Gasteiger partial charge in [0.2, 0.25) is 5.91 Å². The summed E-state index contributed by atoms with van der Waals surface area (Å²) in [6.45, 7) is 0.0583. The number of nitrogens with one attached hydrogen (secondary N) is 2. The molecule has 1 aromatic rings. The molecule has 27 heavy (non-hydrogen) atoms. The molecule has 3 atom stereocenters. The summed E-state index contributed by atoms with van der Waals surface area (Å²) in [4.78, 5) is 28.0. The molecule has 2 bridgehead atoms. The Bertz CT molecular complexity index is 725. The van der Waals surface area contributed by atoms with Gasteiger partial charge in [-0.3, -0.25) is 4.79 Å². The lowest BCUT2D eigenvalue weighted by molar-refractivity contribution is -0.117. The maximum absolute atomic E-state index is 13.9. The lowest BCUT2D eigenvalue weighted by Gasteiger charge is -2.36. The molecule has 1 aromatic carbocycles. The fourth-order valence-corrected chi connectivity index (χ4v) is 4.71. The van der Waals surface area contributed by atoms with Crippen LogP contribution in [0.1, 0.15) is 32.1 Å². The number of para-hydroxylation sites is 1. The first-order valence-electron chi connectivity index (χ1n) is 9.45. The van der Waals surface area contributed by atoms with Crippen LogP contribution in [0.2, 0.25) is 0 Å². The third-order valence-corrected chi connectivity index (χ3v) is 6.10. The van der Waals surface area contributed by atoms with Gasteiger partial charge in [-0.05, 0) is 44.9 Å². The minimum Gasteiger partial charge on any atom is -0.335 e. The summed E-state index contributed by atoms with van der Waals surface area (Å²) in [7, 11) is 2.14. The van der Waals surface area contributed by atoms with Crippen molar-refractivity contribution in [2.75, 3.05) is 18.5 Å². The van der Waals surface area contributed by atoms with Crippen LogP contribution < -0.4 is 15.5 Å². The van der Waals surface area contributed by atoms with Crippen molar-refractivity contribution >= 4 is 17.6 Å². The highest BCUT2D eigenvalue weighted by molar-refractivity contribution is 5.97. The number of carbonyl (C=O) groups is 2. The Morgan fingerprint density at radius 2 is 1.67 bits per heavy atom. The molecule has 0 saturated carbocycles. The highest BCUT2D eigenvalue weighted by Gasteiger charge is 2.39. The number of anilines is 1. The van der Waals surface area contributed by atoms with E-state index in [1.54, 1.807) is 0 Å². The summed E-state index contributed by atoms with van der Waals surface area (Å²) in [5.74, 6) is -1.97. The third kappa shape index (κ3) is 3.50. The number of rotatable bonds is 3. The summed E-state index contributed by atoms with van der Waals surface area (Å²) in [6.07, 6.45) is 4.22. The second-order valence-corrected chi connectivity index (χ2v) is 7.81. The Kier molecular flexibility index (Phi) is 4.75. The van der Waals surface area contributed by atoms with Crippen LogP contribution in [0.4, 0.5) is 19.3 Å². The van der Waals surface area contributed by atoms with Gasteiger partial charge in [0.25, 0.3) is 0 Å². The molecule has 0 radical (unpaired) electrons. The van der Waals surface area contributed by atoms with E-state index in [2.05, 4.69) is 22.6 Å². The first-order valence-corrected chi connectivity index (χ1v) is 9.45. The van der Waals surface area contributed by atoms with E-state index in [4.69, 9.17) is 0 Å². The molecule has 8 heteroatoms. The Labute approximate surface area is 156 Å². The van der Waals surface area contributed by atoms with Gasteiger partial charge < -0.3 is 20.4 Å². The predicted molar refractivity (Wildman–Crippen MR) is 96.4 cm³/mol. The van der Waals surface area contributed by atoms with E-state index >= 15 is 0 Å². The fourth-order valence-electron chi connectivity index (χ4n) is 4.71. The normalized spacial score (nSPS) is 30.6. The largest absolute Gasteiger partial charge is 0.335 e. The molecule has 3 aliphatic rings. The van der Waals surface area contributed by atoms with Crippen LogP contribution >= 0.6 is 0 Å². The first-order chi connectivity index (χ1) is 12.9. The number of halogens is 2. The average molecular weight is 378 g/mol. The summed E-state index contributed by atoms with van der Waals surface area (Å²) >= 11 is 0. The molecular weight excluding hydrogens is 354 g/mol. The molecule has 0 spiro atoms. The number of hydrogen-bond donors (Lipinski definition) is 2. The summed E-state index contributed by atoms with van der Waals surface area (Å²) in [6, 6.07) is 3.85. The number of carbonyl (C=O) groups excluding carboxylic acids is 2. The van der Waals surface area contributed by atoms with Crippen molar-refractivity contribution in [1.82, 2.24) is 15.5 Å². The van der Waals surface area contributed by atoms with E-state index in [-0.39, 0.29) is 30.7 Å². The molecule has 3 saturated heterocycles. The minimum absolute atomic E-state index is 0.0276. The number of benzene rings is 1. The van der Waals surface area contributed by atoms with Crippen LogP contribution in [0.3, 0.4) is 0 Å². The lowest BCUT2D eigenvalue weighted by Crippen LogP contribution is -2.52. The van der Waals surface area contributed by atoms with Gasteiger partial charge >= 0.3 is 6.03 Å². The van der Waals surface area contributed by atoms with Crippen molar-refractivity contribution in [3.05, 3.63) is 29.8 Å². The molecule has 3 fully saturated rings. The summed E-state index contributed by atoms with van der Waals surface area (Å²) in [5, 5.41) is 5.79. The maximum atomic E-state index is 13.9. The van der Waals surface area contributed by atoms with Crippen LogP contribution in [-0.4, -0.2) is 54.6 Å². The highest BCUT2D eigenvalue weighted by atomic mass is 19.1. The number of nitrogens with zero attached hydrogens (tertiary/aromatic N) is 2. The smallest absolute Gasteiger partial charge is 0.315 e. The molecule has 3 amide bonds. The predicted octanol–water partition coefficient (Wildman–Crippen LogP) is 1.99. The molecule has 3 heterocycles. The number of hydrogen-bond acceptors (Lipinski definition) is 3. The minimum atomic E-state index is -0.782. The van der Waals surface area contributed by atoms with Crippen molar-refractivity contribution in [2.45, 2.75) is 56.3 Å². The van der Waals surface area contributed by atoms with Crippen LogP contribution in [0.5, 0.6) is 0 Å². The van der Waals surface area contributed by atoms with Crippen molar-refractivity contribution in [1.29, 1.82) is 0 Å². The van der Waals surface area contributed by atoms with Crippen molar-refractivity contribution in [3.8, 4) is 0 Å². The van der Waals surface area contributed by atoms with E-state index in [0.717, 1.165) is 29.9 Å². The standard InChI is InChI=1S/C19H24F2N4O2/c1-24-13-5-6-14(24)8-11(7-13)22-19(27)23-12-9-17(26)25(10-12)18-15(20)3-2-4-16(18)21/h2-4,11-14H,5-10H2,1H3,(H2,22,23,27). The van der Waals surface area contributed by atoms with E-state index in [1.807, 2.05) is 0 Å². The molecule has 6 nitrogen and oxygen atoms in total. The quantitative estimate of drug-likeness (QED) is 0.846. The first kappa shape index (κ1) is 18.2. The van der Waals surface area contributed by atoms with E-state index in [0.29, 0.717) is 12.1 Å². The van der Waals surface area contributed by atoms with Gasteiger partial charge in [-0.2, -0.15) is 0 Å². The topological polar surface area (TPSA) is 64.7 Å². The third-order valence-electron chi connectivity index (χ3n) is 6.10. The fraction of sp³-hybridized carbons (Fsp3) is 0.579. The van der Waals surface area contributed by atoms with Crippen molar-refractivity contribution in [3.63, 3.8) is 0 Å². The Hall–Kier alpha value is -2.22. The second kappa shape index (κ2) is 7.07. The molecule has 3 aliphatic heterocycles. The number of urea groups is 1. The van der Waals surface area contributed by atoms with E-state index in [1.165, 1.54) is 18.9 Å². The lowest BCUT2D eigenvalue weighted by atomic mass is 9.98. The van der Waals surface area contributed by atoms with Gasteiger partial charge in [0.15, 0.2) is 0 Å². The second-order valence-electron chi connectivity index (χ2n) is 7.81. The molecular formula is C19H24F2N4O2. The SMILES string of the molecule is CN1C2CCC1CC(NC(=O)NC1CC(=O)N(c3c(F)cccc3F)C1)C2.